The van der Waals surface area contributed by atoms with Gasteiger partial charge in [0.2, 0.25) is 0 Å². The van der Waals surface area contributed by atoms with E-state index in [0.717, 1.165) is 17.8 Å². The Morgan fingerprint density at radius 3 is 2.50 bits per heavy atom. The average molecular weight is 214 g/mol. The maximum absolute atomic E-state index is 2.43. The summed E-state index contributed by atoms with van der Waals surface area (Å²) in [5, 5.41) is 0. The first-order valence-electron chi connectivity index (χ1n) is 6.76. The van der Waals surface area contributed by atoms with Gasteiger partial charge >= 0.3 is 0 Å². The molecule has 0 N–H and O–H groups in total. The predicted octanol–water partition coefficient (Wildman–Crippen LogP) is 4.62. The normalized spacial score (nSPS) is 37.2. The summed E-state index contributed by atoms with van der Waals surface area (Å²) < 4.78 is 0. The van der Waals surface area contributed by atoms with E-state index in [0.29, 0.717) is 5.41 Å². The second-order valence-electron chi connectivity index (χ2n) is 6.24. The Bertz CT molecular complexity index is 365. The molecule has 0 aliphatic heterocycles. The summed E-state index contributed by atoms with van der Waals surface area (Å²) in [4.78, 5) is 0. The van der Waals surface area contributed by atoms with Gasteiger partial charge in [0.15, 0.2) is 0 Å². The molecule has 2 saturated carbocycles. The minimum Gasteiger partial charge on any atom is -0.0622 e. The first-order valence-corrected chi connectivity index (χ1v) is 6.76. The van der Waals surface area contributed by atoms with Crippen LogP contribution in [-0.2, 0) is 0 Å². The standard InChI is InChI=1S/C16H22/c1-12(2)16-9-8-14(10-16)15(11-16)13-6-4-3-5-7-13/h3-7,12,14-15H,8-11H2,1-2H3/t14?,15-,16?/m1/s1. The van der Waals surface area contributed by atoms with Gasteiger partial charge in [-0.2, -0.15) is 0 Å². The van der Waals surface area contributed by atoms with Crippen molar-refractivity contribution in [2.24, 2.45) is 17.3 Å². The molecular weight excluding hydrogens is 192 g/mol. The van der Waals surface area contributed by atoms with Crippen LogP contribution in [0.2, 0.25) is 0 Å². The van der Waals surface area contributed by atoms with E-state index in [2.05, 4.69) is 44.2 Å². The van der Waals surface area contributed by atoms with Crippen LogP contribution < -0.4 is 0 Å². The molecule has 2 fully saturated rings. The van der Waals surface area contributed by atoms with Crippen molar-refractivity contribution in [2.75, 3.05) is 0 Å². The Morgan fingerprint density at radius 2 is 1.88 bits per heavy atom. The molecule has 16 heavy (non-hydrogen) atoms. The lowest BCUT2D eigenvalue weighted by molar-refractivity contribution is 0.191. The molecule has 3 rings (SSSR count). The third-order valence-electron chi connectivity index (χ3n) is 5.33. The molecule has 1 aromatic rings. The average Bonchev–Trinajstić information content (AvgIpc) is 2.89. The summed E-state index contributed by atoms with van der Waals surface area (Å²) in [5.74, 6) is 2.70. The number of benzene rings is 1. The van der Waals surface area contributed by atoms with Gasteiger partial charge in [0.05, 0.1) is 0 Å². The molecule has 2 aliphatic rings. The molecule has 2 unspecified atom stereocenters. The van der Waals surface area contributed by atoms with Gasteiger partial charge in [0, 0.05) is 0 Å². The van der Waals surface area contributed by atoms with Crippen molar-refractivity contribution in [1.82, 2.24) is 0 Å². The van der Waals surface area contributed by atoms with E-state index >= 15 is 0 Å². The topological polar surface area (TPSA) is 0 Å². The zero-order valence-electron chi connectivity index (χ0n) is 10.4. The van der Waals surface area contributed by atoms with Gasteiger partial charge in [0.25, 0.3) is 0 Å². The van der Waals surface area contributed by atoms with Gasteiger partial charge in [-0.3, -0.25) is 0 Å². The van der Waals surface area contributed by atoms with E-state index in [1.54, 1.807) is 5.56 Å². The second-order valence-corrected chi connectivity index (χ2v) is 6.24. The Morgan fingerprint density at radius 1 is 1.12 bits per heavy atom. The Labute approximate surface area is 99.1 Å². The zero-order chi connectivity index (χ0) is 11.2. The van der Waals surface area contributed by atoms with E-state index in [1.807, 2.05) is 0 Å². The molecule has 2 aliphatic carbocycles. The van der Waals surface area contributed by atoms with Crippen LogP contribution in [0.5, 0.6) is 0 Å². The minimum absolute atomic E-state index is 0.686. The summed E-state index contributed by atoms with van der Waals surface area (Å²) in [7, 11) is 0. The van der Waals surface area contributed by atoms with Gasteiger partial charge in [-0.25, -0.2) is 0 Å². The van der Waals surface area contributed by atoms with Gasteiger partial charge in [0.1, 0.15) is 0 Å². The summed E-state index contributed by atoms with van der Waals surface area (Å²) >= 11 is 0. The van der Waals surface area contributed by atoms with E-state index in [1.165, 1.54) is 25.7 Å². The third-order valence-corrected chi connectivity index (χ3v) is 5.33. The van der Waals surface area contributed by atoms with Crippen molar-refractivity contribution in [2.45, 2.75) is 45.4 Å². The highest BCUT2D eigenvalue weighted by Crippen LogP contribution is 2.63. The highest BCUT2D eigenvalue weighted by molar-refractivity contribution is 5.24. The molecule has 0 radical (unpaired) electrons. The molecule has 2 bridgehead atoms. The highest BCUT2D eigenvalue weighted by Gasteiger charge is 2.51. The van der Waals surface area contributed by atoms with Crippen LogP contribution in [0.1, 0.15) is 51.0 Å². The lowest BCUT2D eigenvalue weighted by atomic mass is 9.71. The van der Waals surface area contributed by atoms with Gasteiger partial charge < -0.3 is 0 Å². The molecule has 86 valence electrons. The monoisotopic (exact) mass is 214 g/mol. The van der Waals surface area contributed by atoms with E-state index in [9.17, 15) is 0 Å². The quantitative estimate of drug-likeness (QED) is 0.674. The SMILES string of the molecule is CC(C)C12CCC(C1)[C@@H](c1ccccc1)C2. The van der Waals surface area contributed by atoms with Crippen molar-refractivity contribution < 1.29 is 0 Å². The minimum atomic E-state index is 0.686. The molecule has 0 saturated heterocycles. The van der Waals surface area contributed by atoms with E-state index in [-0.39, 0.29) is 0 Å². The van der Waals surface area contributed by atoms with Crippen LogP contribution in [0.3, 0.4) is 0 Å². The van der Waals surface area contributed by atoms with Crippen LogP contribution in [0.4, 0.5) is 0 Å². The van der Waals surface area contributed by atoms with Crippen molar-refractivity contribution in [3.63, 3.8) is 0 Å². The molecule has 1 aromatic carbocycles. The molecule has 3 atom stereocenters. The van der Waals surface area contributed by atoms with Crippen LogP contribution in [0.15, 0.2) is 30.3 Å². The number of hydrogen-bond donors (Lipinski definition) is 0. The summed E-state index contributed by atoms with van der Waals surface area (Å²) in [5.41, 5.74) is 2.28. The first kappa shape index (κ1) is 10.4. The van der Waals surface area contributed by atoms with Crippen LogP contribution in [-0.4, -0.2) is 0 Å². The number of rotatable bonds is 2. The van der Waals surface area contributed by atoms with Crippen molar-refractivity contribution in [3.8, 4) is 0 Å². The highest BCUT2D eigenvalue weighted by atomic mass is 14.6. The van der Waals surface area contributed by atoms with Gasteiger partial charge in [-0.05, 0) is 54.4 Å². The Hall–Kier alpha value is -0.780. The molecule has 0 heterocycles. The van der Waals surface area contributed by atoms with E-state index < -0.39 is 0 Å². The summed E-state index contributed by atoms with van der Waals surface area (Å²) in [6.07, 6.45) is 5.89. The van der Waals surface area contributed by atoms with Crippen LogP contribution in [0, 0.1) is 17.3 Å². The van der Waals surface area contributed by atoms with E-state index in [4.69, 9.17) is 0 Å². The van der Waals surface area contributed by atoms with Crippen molar-refractivity contribution in [1.29, 1.82) is 0 Å². The fraction of sp³-hybridized carbons (Fsp3) is 0.625. The van der Waals surface area contributed by atoms with Gasteiger partial charge in [-0.1, -0.05) is 44.2 Å². The molecule has 0 nitrogen and oxygen atoms in total. The number of hydrogen-bond acceptors (Lipinski definition) is 0. The van der Waals surface area contributed by atoms with Crippen molar-refractivity contribution >= 4 is 0 Å². The largest absolute Gasteiger partial charge is 0.0622 e. The Kier molecular flexibility index (Phi) is 2.34. The smallest absolute Gasteiger partial charge is 0.0128 e. The molecule has 0 spiro atoms. The maximum atomic E-state index is 2.43. The molecule has 0 amide bonds. The first-order chi connectivity index (χ1) is 7.71. The fourth-order valence-electron chi connectivity index (χ4n) is 4.18. The maximum Gasteiger partial charge on any atom is -0.0128 e. The lowest BCUT2D eigenvalue weighted by Gasteiger charge is -2.33. The predicted molar refractivity (Wildman–Crippen MR) is 68.4 cm³/mol. The summed E-state index contributed by atoms with van der Waals surface area (Å²) in [6, 6.07) is 11.2. The van der Waals surface area contributed by atoms with Crippen LogP contribution in [0.25, 0.3) is 0 Å². The Balaban J connectivity index is 1.87. The second kappa shape index (κ2) is 3.61. The molecular formula is C16H22. The fourth-order valence-corrected chi connectivity index (χ4v) is 4.18. The lowest BCUT2D eigenvalue weighted by Crippen LogP contribution is -2.23. The van der Waals surface area contributed by atoms with Gasteiger partial charge in [-0.15, -0.1) is 0 Å². The molecule has 0 aromatic heterocycles. The summed E-state index contributed by atoms with van der Waals surface area (Å²) in [6.45, 7) is 4.85. The van der Waals surface area contributed by atoms with Crippen LogP contribution >= 0.6 is 0 Å². The third kappa shape index (κ3) is 1.43. The number of fused-ring (bicyclic) bond motifs is 2. The van der Waals surface area contributed by atoms with Crippen molar-refractivity contribution in [3.05, 3.63) is 35.9 Å². The zero-order valence-corrected chi connectivity index (χ0v) is 10.4. The molecule has 0 heteroatoms.